The molecule has 1 aliphatic heterocycles. The van der Waals surface area contributed by atoms with Gasteiger partial charge in [-0.1, -0.05) is 38.7 Å². The summed E-state index contributed by atoms with van der Waals surface area (Å²) in [6.07, 6.45) is 11.1. The van der Waals surface area contributed by atoms with Crippen molar-refractivity contribution in [1.29, 1.82) is 0 Å². The van der Waals surface area contributed by atoms with Crippen molar-refractivity contribution in [2.45, 2.75) is 96.7 Å². The molecule has 0 radical (unpaired) electrons. The lowest BCUT2D eigenvalue weighted by atomic mass is 9.94. The average molecular weight is 388 g/mol. The molecule has 1 atom stereocenters. The van der Waals surface area contributed by atoms with Crippen LogP contribution in [0.4, 0.5) is 10.6 Å². The molecule has 2 aliphatic rings. The van der Waals surface area contributed by atoms with E-state index in [0.29, 0.717) is 6.04 Å². The quantitative estimate of drug-likeness (QED) is 0.664. The molecule has 5 heteroatoms. The zero-order valence-corrected chi connectivity index (χ0v) is 18.1. The van der Waals surface area contributed by atoms with Crippen molar-refractivity contribution >= 4 is 11.9 Å². The number of hydrogen-bond donors (Lipinski definition) is 0. The summed E-state index contributed by atoms with van der Waals surface area (Å²) in [5.74, 6) is 0.726. The number of carbonyl (C=O) groups excluding carboxylic acids is 1. The van der Waals surface area contributed by atoms with Gasteiger partial charge in [0, 0.05) is 18.3 Å². The van der Waals surface area contributed by atoms with Gasteiger partial charge in [0.2, 0.25) is 0 Å². The summed E-state index contributed by atoms with van der Waals surface area (Å²) in [4.78, 5) is 22.1. The smallest absolute Gasteiger partial charge is 0.416 e. The second kappa shape index (κ2) is 9.25. The van der Waals surface area contributed by atoms with Crippen LogP contribution in [0.5, 0.6) is 0 Å². The van der Waals surface area contributed by atoms with Crippen LogP contribution in [0.3, 0.4) is 0 Å². The lowest BCUT2D eigenvalue weighted by Crippen LogP contribution is -2.45. The first-order chi connectivity index (χ1) is 13.4. The predicted molar refractivity (Wildman–Crippen MR) is 114 cm³/mol. The van der Waals surface area contributed by atoms with E-state index in [0.717, 1.165) is 44.6 Å². The predicted octanol–water partition coefficient (Wildman–Crippen LogP) is 5.70. The lowest BCUT2D eigenvalue weighted by molar-refractivity contribution is 0.0556. The minimum absolute atomic E-state index is 0.184. The van der Waals surface area contributed by atoms with Gasteiger partial charge in [-0.2, -0.15) is 0 Å². The Morgan fingerprint density at radius 1 is 1.14 bits per heavy atom. The van der Waals surface area contributed by atoms with Gasteiger partial charge in [0.25, 0.3) is 0 Å². The third-order valence-corrected chi connectivity index (χ3v) is 5.95. The molecule has 0 bridgehead atoms. The Hall–Kier alpha value is -1.62. The average Bonchev–Trinajstić information content (AvgIpc) is 2.68. The van der Waals surface area contributed by atoms with Crippen molar-refractivity contribution in [1.82, 2.24) is 9.88 Å². The molecular formula is C23H37N3O2. The van der Waals surface area contributed by atoms with Crippen LogP contribution in [-0.2, 0) is 4.74 Å². The zero-order valence-electron chi connectivity index (χ0n) is 18.1. The molecular weight excluding hydrogens is 350 g/mol. The molecule has 1 aromatic rings. The van der Waals surface area contributed by atoms with Gasteiger partial charge in [0.05, 0.1) is 0 Å². The molecule has 0 aromatic carbocycles. The first kappa shape index (κ1) is 21.1. The van der Waals surface area contributed by atoms with E-state index in [1.807, 2.05) is 37.9 Å². The molecule has 0 spiro atoms. The van der Waals surface area contributed by atoms with Gasteiger partial charge in [-0.3, -0.25) is 9.80 Å². The summed E-state index contributed by atoms with van der Waals surface area (Å²) < 4.78 is 5.73. The number of carbonyl (C=O) groups is 1. The van der Waals surface area contributed by atoms with Crippen LogP contribution in [0.1, 0.15) is 90.7 Å². The van der Waals surface area contributed by atoms with Gasteiger partial charge in [-0.25, -0.2) is 9.78 Å². The second-order valence-corrected chi connectivity index (χ2v) is 9.23. The van der Waals surface area contributed by atoms with Crippen LogP contribution in [-0.4, -0.2) is 40.7 Å². The molecule has 0 N–H and O–H groups in total. The maximum atomic E-state index is 13.0. The van der Waals surface area contributed by atoms with Gasteiger partial charge in [-0.15, -0.1) is 0 Å². The fraction of sp³-hybridized carbons (Fsp3) is 0.739. The molecule has 5 nitrogen and oxygen atoms in total. The second-order valence-electron chi connectivity index (χ2n) is 9.23. The largest absolute Gasteiger partial charge is 0.443 e. The van der Waals surface area contributed by atoms with E-state index in [4.69, 9.17) is 9.72 Å². The van der Waals surface area contributed by atoms with E-state index in [-0.39, 0.29) is 12.1 Å². The summed E-state index contributed by atoms with van der Waals surface area (Å²) in [6.45, 7) is 10.2. The molecule has 28 heavy (non-hydrogen) atoms. The molecule has 1 aliphatic carbocycles. The summed E-state index contributed by atoms with van der Waals surface area (Å²) in [7, 11) is 0. The maximum absolute atomic E-state index is 13.0. The van der Waals surface area contributed by atoms with E-state index in [2.05, 4.69) is 17.9 Å². The molecule has 1 amide bonds. The van der Waals surface area contributed by atoms with E-state index in [1.165, 1.54) is 31.2 Å². The molecule has 1 saturated carbocycles. The number of pyridine rings is 1. The summed E-state index contributed by atoms with van der Waals surface area (Å²) in [5.41, 5.74) is 0.756. The normalized spacial score (nSPS) is 22.1. The fourth-order valence-corrected chi connectivity index (χ4v) is 4.56. The molecule has 1 aromatic heterocycles. The fourth-order valence-electron chi connectivity index (χ4n) is 4.56. The zero-order chi connectivity index (χ0) is 20.1. The Balaban J connectivity index is 1.82. The number of ether oxygens (including phenoxy) is 1. The van der Waals surface area contributed by atoms with Crippen LogP contribution in [0.15, 0.2) is 18.3 Å². The van der Waals surface area contributed by atoms with Gasteiger partial charge in [0.15, 0.2) is 0 Å². The summed E-state index contributed by atoms with van der Waals surface area (Å²) >= 11 is 0. The van der Waals surface area contributed by atoms with E-state index in [1.54, 1.807) is 0 Å². The number of hydrogen-bond acceptors (Lipinski definition) is 4. The molecule has 0 unspecified atom stereocenters. The number of piperidine rings is 1. The topological polar surface area (TPSA) is 45.7 Å². The van der Waals surface area contributed by atoms with Crippen LogP contribution in [0.2, 0.25) is 0 Å². The summed E-state index contributed by atoms with van der Waals surface area (Å²) in [6, 6.07) is 4.83. The van der Waals surface area contributed by atoms with Crippen molar-refractivity contribution in [3.8, 4) is 0 Å². The Morgan fingerprint density at radius 2 is 1.86 bits per heavy atom. The highest BCUT2D eigenvalue weighted by Gasteiger charge is 2.32. The standard InChI is InChI=1S/C23H37N3O2/c1-5-25-16-10-9-13-20(25)18-14-15-21(24-17-18)26(19-11-7-6-8-12-19)22(27)28-23(2,3)4/h14-15,17,19-20H,5-13,16H2,1-4H3/t20-/m1/s1. The van der Waals surface area contributed by atoms with Gasteiger partial charge in [0.1, 0.15) is 11.4 Å². The van der Waals surface area contributed by atoms with Crippen LogP contribution >= 0.6 is 0 Å². The SMILES string of the molecule is CCN1CCCC[C@@H]1c1ccc(N(C(=O)OC(C)(C)C)C2CCCCC2)nc1. The molecule has 1 saturated heterocycles. The lowest BCUT2D eigenvalue weighted by Gasteiger charge is -2.36. The third-order valence-electron chi connectivity index (χ3n) is 5.95. The number of nitrogens with zero attached hydrogens (tertiary/aromatic N) is 3. The van der Waals surface area contributed by atoms with Crippen molar-refractivity contribution in [3.05, 3.63) is 23.9 Å². The number of aromatic nitrogens is 1. The number of likely N-dealkylation sites (tertiary alicyclic amines) is 1. The van der Waals surface area contributed by atoms with Crippen molar-refractivity contribution in [3.63, 3.8) is 0 Å². The highest BCUT2D eigenvalue weighted by atomic mass is 16.6. The van der Waals surface area contributed by atoms with Gasteiger partial charge < -0.3 is 4.74 Å². The third kappa shape index (κ3) is 5.25. The highest BCUT2D eigenvalue weighted by Crippen LogP contribution is 2.32. The minimum Gasteiger partial charge on any atom is -0.443 e. The first-order valence-corrected chi connectivity index (χ1v) is 11.1. The molecule has 2 fully saturated rings. The Kier molecular flexibility index (Phi) is 6.97. The Morgan fingerprint density at radius 3 is 2.46 bits per heavy atom. The van der Waals surface area contributed by atoms with Crippen LogP contribution < -0.4 is 4.90 Å². The molecule has 2 heterocycles. The Labute approximate surface area is 170 Å². The van der Waals surface area contributed by atoms with Gasteiger partial charge >= 0.3 is 6.09 Å². The van der Waals surface area contributed by atoms with E-state index < -0.39 is 5.60 Å². The van der Waals surface area contributed by atoms with Gasteiger partial charge in [-0.05, 0) is 71.2 Å². The van der Waals surface area contributed by atoms with Crippen molar-refractivity contribution in [2.24, 2.45) is 0 Å². The number of rotatable bonds is 4. The number of anilines is 1. The first-order valence-electron chi connectivity index (χ1n) is 11.1. The summed E-state index contributed by atoms with van der Waals surface area (Å²) in [5, 5.41) is 0. The van der Waals surface area contributed by atoms with Crippen LogP contribution in [0, 0.1) is 0 Å². The Bertz CT molecular complexity index is 632. The number of amides is 1. The minimum atomic E-state index is -0.506. The maximum Gasteiger partial charge on any atom is 0.416 e. The molecule has 156 valence electrons. The molecule has 3 rings (SSSR count). The van der Waals surface area contributed by atoms with E-state index in [9.17, 15) is 4.79 Å². The monoisotopic (exact) mass is 387 g/mol. The highest BCUT2D eigenvalue weighted by molar-refractivity contribution is 5.87. The van der Waals surface area contributed by atoms with E-state index >= 15 is 0 Å². The van der Waals surface area contributed by atoms with Crippen LogP contribution in [0.25, 0.3) is 0 Å². The van der Waals surface area contributed by atoms with Crippen molar-refractivity contribution in [2.75, 3.05) is 18.0 Å². The van der Waals surface area contributed by atoms with Crippen molar-refractivity contribution < 1.29 is 9.53 Å².